The first-order valence-corrected chi connectivity index (χ1v) is 8.09. The summed E-state index contributed by atoms with van der Waals surface area (Å²) in [5, 5.41) is -0.0796. The number of carbonyl (C=O) groups is 2. The average Bonchev–Trinajstić information content (AvgIpc) is 2.58. The van der Waals surface area contributed by atoms with Gasteiger partial charge in [-0.1, -0.05) is 6.07 Å². The summed E-state index contributed by atoms with van der Waals surface area (Å²) < 4.78 is 50.2. The van der Waals surface area contributed by atoms with Crippen molar-refractivity contribution in [2.24, 2.45) is 0 Å². The van der Waals surface area contributed by atoms with Gasteiger partial charge < -0.3 is 14.4 Å². The second-order valence-electron chi connectivity index (χ2n) is 5.40. The van der Waals surface area contributed by atoms with Crippen LogP contribution in [0.25, 0.3) is 10.8 Å². The first-order valence-electron chi connectivity index (χ1n) is 7.30. The number of halogens is 4. The highest BCUT2D eigenvalue weighted by Gasteiger charge is 2.37. The molecule has 0 aliphatic heterocycles. The van der Waals surface area contributed by atoms with Crippen LogP contribution < -0.4 is 4.74 Å². The number of ether oxygens (including phenoxy) is 2. The number of hydrogen-bond donors (Lipinski definition) is 0. The van der Waals surface area contributed by atoms with Gasteiger partial charge in [-0.3, -0.25) is 9.59 Å². The summed E-state index contributed by atoms with van der Waals surface area (Å²) in [6.07, 6.45) is -4.67. The number of rotatable bonds is 4. The van der Waals surface area contributed by atoms with E-state index in [-0.39, 0.29) is 28.6 Å². The number of esters is 1. The number of methoxy groups -OCH3 is 2. The van der Waals surface area contributed by atoms with Crippen molar-refractivity contribution in [2.75, 3.05) is 27.8 Å². The van der Waals surface area contributed by atoms with Gasteiger partial charge in [-0.15, -0.1) is 0 Å². The van der Waals surface area contributed by atoms with E-state index in [0.29, 0.717) is 4.47 Å². The van der Waals surface area contributed by atoms with Crippen molar-refractivity contribution in [3.8, 4) is 5.75 Å². The maximum Gasteiger partial charge on any atom is 0.420 e. The highest BCUT2D eigenvalue weighted by atomic mass is 79.9. The third-order valence-electron chi connectivity index (χ3n) is 3.77. The van der Waals surface area contributed by atoms with E-state index in [1.807, 2.05) is 0 Å². The molecule has 0 heterocycles. The van der Waals surface area contributed by atoms with Crippen molar-refractivity contribution < 1.29 is 32.2 Å². The van der Waals surface area contributed by atoms with Crippen molar-refractivity contribution in [3.05, 3.63) is 39.9 Å². The lowest BCUT2D eigenvalue weighted by molar-refractivity contribution is -0.141. The molecule has 0 spiro atoms. The normalized spacial score (nSPS) is 11.3. The fourth-order valence-corrected chi connectivity index (χ4v) is 3.08. The fraction of sp³-hybridized carbons (Fsp3) is 0.294. The summed E-state index contributed by atoms with van der Waals surface area (Å²) in [6.45, 7) is -0.333. The number of amides is 1. The predicted octanol–water partition coefficient (Wildman–Crippen LogP) is 3.87. The van der Waals surface area contributed by atoms with E-state index >= 15 is 0 Å². The maximum absolute atomic E-state index is 13.5. The Balaban J connectivity index is 2.70. The molecule has 140 valence electrons. The summed E-state index contributed by atoms with van der Waals surface area (Å²) in [5.74, 6) is -1.60. The summed E-state index contributed by atoms with van der Waals surface area (Å²) in [7, 11) is 3.68. The fourth-order valence-electron chi connectivity index (χ4n) is 2.56. The summed E-state index contributed by atoms with van der Waals surface area (Å²) in [5.41, 5.74) is -0.947. The number of fused-ring (bicyclic) bond motifs is 1. The number of nitrogens with zero attached hydrogens (tertiary/aromatic N) is 1. The van der Waals surface area contributed by atoms with Crippen molar-refractivity contribution in [1.82, 2.24) is 4.90 Å². The summed E-state index contributed by atoms with van der Waals surface area (Å²) >= 11 is 3.20. The van der Waals surface area contributed by atoms with Crippen molar-refractivity contribution in [2.45, 2.75) is 6.18 Å². The standard InChI is InChI=1S/C17H15BrF3NO4/c1-22(8-13(23)26-3)16(24)14-9-5-7-12(25-2)15(17(19,20)21)10(9)4-6-11(14)18/h4-7H,8H2,1-3H3. The van der Waals surface area contributed by atoms with Gasteiger partial charge in [-0.05, 0) is 44.9 Å². The van der Waals surface area contributed by atoms with E-state index in [1.54, 1.807) is 0 Å². The minimum Gasteiger partial charge on any atom is -0.496 e. The molecular weight excluding hydrogens is 419 g/mol. The van der Waals surface area contributed by atoms with Crippen molar-refractivity contribution in [1.29, 1.82) is 0 Å². The van der Waals surface area contributed by atoms with E-state index in [2.05, 4.69) is 20.7 Å². The van der Waals surface area contributed by atoms with Crippen LogP contribution in [0.15, 0.2) is 28.7 Å². The van der Waals surface area contributed by atoms with Crippen LogP contribution in [0.4, 0.5) is 13.2 Å². The van der Waals surface area contributed by atoms with Crippen molar-refractivity contribution >= 4 is 38.6 Å². The van der Waals surface area contributed by atoms with Crippen LogP contribution in [0.3, 0.4) is 0 Å². The van der Waals surface area contributed by atoms with Crippen LogP contribution in [0.2, 0.25) is 0 Å². The third kappa shape index (κ3) is 3.77. The molecule has 0 aliphatic rings. The number of alkyl halides is 3. The molecule has 2 aromatic rings. The van der Waals surface area contributed by atoms with Crippen LogP contribution in [-0.4, -0.2) is 44.6 Å². The highest BCUT2D eigenvalue weighted by Crippen LogP contribution is 2.43. The molecule has 9 heteroatoms. The van der Waals surface area contributed by atoms with Crippen LogP contribution in [0.5, 0.6) is 5.75 Å². The largest absolute Gasteiger partial charge is 0.496 e. The lowest BCUT2D eigenvalue weighted by Gasteiger charge is -2.20. The molecule has 0 saturated carbocycles. The second kappa shape index (κ2) is 7.53. The van der Waals surface area contributed by atoms with Gasteiger partial charge in [0, 0.05) is 11.5 Å². The smallest absolute Gasteiger partial charge is 0.420 e. The zero-order chi connectivity index (χ0) is 19.6. The van der Waals surface area contributed by atoms with Gasteiger partial charge in [-0.25, -0.2) is 0 Å². The van der Waals surface area contributed by atoms with Gasteiger partial charge >= 0.3 is 12.1 Å². The zero-order valence-electron chi connectivity index (χ0n) is 14.1. The molecule has 2 rings (SSSR count). The van der Waals surface area contributed by atoms with Gasteiger partial charge in [0.25, 0.3) is 5.91 Å². The number of carbonyl (C=O) groups excluding carboxylic acids is 2. The minimum atomic E-state index is -4.67. The van der Waals surface area contributed by atoms with E-state index in [9.17, 15) is 22.8 Å². The van der Waals surface area contributed by atoms with Gasteiger partial charge in [0.1, 0.15) is 17.9 Å². The molecule has 0 aromatic heterocycles. The van der Waals surface area contributed by atoms with Crippen LogP contribution in [-0.2, 0) is 15.7 Å². The Morgan fingerprint density at radius 3 is 2.27 bits per heavy atom. The van der Waals surface area contributed by atoms with E-state index in [4.69, 9.17) is 4.74 Å². The number of benzene rings is 2. The summed E-state index contributed by atoms with van der Waals surface area (Å²) in [4.78, 5) is 25.2. The van der Waals surface area contributed by atoms with Crippen LogP contribution in [0, 0.1) is 0 Å². The monoisotopic (exact) mass is 433 g/mol. The molecule has 0 N–H and O–H groups in total. The molecule has 1 amide bonds. The molecule has 0 bridgehead atoms. The molecule has 0 radical (unpaired) electrons. The topological polar surface area (TPSA) is 55.8 Å². The van der Waals surface area contributed by atoms with E-state index in [1.165, 1.54) is 32.4 Å². The quantitative estimate of drug-likeness (QED) is 0.686. The Morgan fingerprint density at radius 1 is 1.12 bits per heavy atom. The average molecular weight is 434 g/mol. The lowest BCUT2D eigenvalue weighted by Crippen LogP contribution is -2.33. The number of hydrogen-bond acceptors (Lipinski definition) is 4. The lowest BCUT2D eigenvalue weighted by atomic mass is 9.98. The van der Waals surface area contributed by atoms with E-state index in [0.717, 1.165) is 18.1 Å². The summed E-state index contributed by atoms with van der Waals surface area (Å²) in [6, 6.07) is 5.17. The Hall–Kier alpha value is -2.29. The van der Waals surface area contributed by atoms with Gasteiger partial charge in [0.15, 0.2) is 0 Å². The molecular formula is C17H15BrF3NO4. The maximum atomic E-state index is 13.5. The Bertz CT molecular complexity index is 867. The molecule has 0 saturated heterocycles. The van der Waals surface area contributed by atoms with Crippen molar-refractivity contribution in [3.63, 3.8) is 0 Å². The number of likely N-dealkylation sites (N-methyl/N-ethyl adjacent to an activating group) is 1. The van der Waals surface area contributed by atoms with Gasteiger partial charge in [-0.2, -0.15) is 13.2 Å². The SMILES string of the molecule is COC(=O)CN(C)C(=O)c1c(Br)ccc2c(C(F)(F)F)c(OC)ccc12. The van der Waals surface area contributed by atoms with Gasteiger partial charge in [0.2, 0.25) is 0 Å². The molecule has 5 nitrogen and oxygen atoms in total. The van der Waals surface area contributed by atoms with Crippen LogP contribution in [0.1, 0.15) is 15.9 Å². The minimum absolute atomic E-state index is 0.0158. The van der Waals surface area contributed by atoms with E-state index < -0.39 is 23.6 Å². The molecule has 0 fully saturated rings. The molecule has 26 heavy (non-hydrogen) atoms. The molecule has 0 atom stereocenters. The molecule has 0 unspecified atom stereocenters. The Morgan fingerprint density at radius 2 is 1.73 bits per heavy atom. The second-order valence-corrected chi connectivity index (χ2v) is 6.25. The predicted molar refractivity (Wildman–Crippen MR) is 92.2 cm³/mol. The molecule has 0 aliphatic carbocycles. The highest BCUT2D eigenvalue weighted by molar-refractivity contribution is 9.10. The first-order chi connectivity index (χ1) is 12.1. The first kappa shape index (κ1) is 20.0. The van der Waals surface area contributed by atoms with Crippen LogP contribution >= 0.6 is 15.9 Å². The zero-order valence-corrected chi connectivity index (χ0v) is 15.7. The Labute approximate surface area is 155 Å². The Kier molecular flexibility index (Phi) is 5.80. The third-order valence-corrected chi connectivity index (χ3v) is 4.43. The van der Waals surface area contributed by atoms with Gasteiger partial charge in [0.05, 0.1) is 19.8 Å². The molecule has 2 aromatic carbocycles.